The highest BCUT2D eigenvalue weighted by atomic mass is 35.5. The minimum Gasteiger partial charge on any atom is -0.507 e. The van der Waals surface area contributed by atoms with E-state index in [1.807, 2.05) is 0 Å². The topological polar surface area (TPSA) is 77.2 Å². The summed E-state index contributed by atoms with van der Waals surface area (Å²) < 4.78 is 27.3. The van der Waals surface area contributed by atoms with Gasteiger partial charge in [0.1, 0.15) is 23.5 Å². The zero-order chi connectivity index (χ0) is 20.3. The zero-order valence-corrected chi connectivity index (χ0v) is 15.2. The van der Waals surface area contributed by atoms with Crippen LogP contribution in [0.15, 0.2) is 72.6 Å². The summed E-state index contributed by atoms with van der Waals surface area (Å²) in [7, 11) is 0. The van der Waals surface area contributed by atoms with E-state index in [-0.39, 0.29) is 16.7 Å². The molecule has 0 aliphatic rings. The van der Waals surface area contributed by atoms with E-state index in [0.29, 0.717) is 16.7 Å². The molecule has 0 bridgehead atoms. The Bertz CT molecular complexity index is 1020. The third-order valence-electron chi connectivity index (χ3n) is 4.07. The van der Waals surface area contributed by atoms with Gasteiger partial charge in [-0.2, -0.15) is 0 Å². The van der Waals surface area contributed by atoms with Crippen LogP contribution in [0.25, 0.3) is 5.76 Å². The van der Waals surface area contributed by atoms with Crippen molar-refractivity contribution in [1.82, 2.24) is 4.98 Å². The number of benzene rings is 2. The van der Waals surface area contributed by atoms with Crippen LogP contribution in [0.1, 0.15) is 22.8 Å². The van der Waals surface area contributed by atoms with E-state index in [1.54, 1.807) is 12.1 Å². The van der Waals surface area contributed by atoms with Crippen LogP contribution in [-0.2, 0) is 0 Å². The Morgan fingerprint density at radius 2 is 1.64 bits per heavy atom. The molecule has 7 heteroatoms. The number of rotatable bonds is 5. The molecule has 3 N–H and O–H groups in total. The summed E-state index contributed by atoms with van der Waals surface area (Å²) in [5.74, 6) is -2.16. The maximum absolute atomic E-state index is 13.6. The number of aliphatic hydroxyl groups is 2. The summed E-state index contributed by atoms with van der Waals surface area (Å²) in [6, 6.07) is 11.8. The first kappa shape index (κ1) is 19.7. The molecule has 3 aromatic rings. The molecule has 142 valence electrons. The predicted octanol–water partition coefficient (Wildman–Crippen LogP) is 5.08. The second-order valence-corrected chi connectivity index (χ2v) is 6.43. The minimum atomic E-state index is -1.46. The zero-order valence-electron chi connectivity index (χ0n) is 14.4. The van der Waals surface area contributed by atoms with Crippen LogP contribution in [0.3, 0.4) is 0 Å². The molecule has 1 atom stereocenters. The molecule has 0 radical (unpaired) electrons. The fourth-order valence-corrected chi connectivity index (χ4v) is 2.83. The van der Waals surface area contributed by atoms with Crippen molar-refractivity contribution in [2.45, 2.75) is 6.10 Å². The lowest BCUT2D eigenvalue weighted by molar-refractivity contribution is 0.219. The molecule has 0 saturated carbocycles. The van der Waals surface area contributed by atoms with Crippen molar-refractivity contribution in [3.63, 3.8) is 0 Å². The molecule has 28 heavy (non-hydrogen) atoms. The first-order chi connectivity index (χ1) is 13.4. The van der Waals surface area contributed by atoms with Crippen molar-refractivity contribution < 1.29 is 19.0 Å². The second-order valence-electron chi connectivity index (χ2n) is 5.99. The van der Waals surface area contributed by atoms with Gasteiger partial charge in [-0.25, -0.2) is 8.78 Å². The highest BCUT2D eigenvalue weighted by Crippen LogP contribution is 2.31. The molecule has 3 rings (SSSR count). The number of hydrogen-bond donors (Lipinski definition) is 3. The number of nitrogens with one attached hydrogen (secondary N) is 1. The van der Waals surface area contributed by atoms with Gasteiger partial charge < -0.3 is 10.2 Å². The Balaban J connectivity index is 2.17. The average Bonchev–Trinajstić information content (AvgIpc) is 2.68. The van der Waals surface area contributed by atoms with Gasteiger partial charge in [0.15, 0.2) is 0 Å². The lowest BCUT2D eigenvalue weighted by Crippen LogP contribution is -2.15. The predicted molar refractivity (Wildman–Crippen MR) is 103 cm³/mol. The second kappa shape index (κ2) is 8.29. The van der Waals surface area contributed by atoms with Crippen LogP contribution in [0.4, 0.5) is 8.78 Å². The highest BCUT2D eigenvalue weighted by molar-refractivity contribution is 6.30. The van der Waals surface area contributed by atoms with Gasteiger partial charge in [0.2, 0.25) is 0 Å². The molecule has 4 nitrogen and oxygen atoms in total. The quantitative estimate of drug-likeness (QED) is 0.412. The van der Waals surface area contributed by atoms with E-state index < -0.39 is 29.2 Å². The fourth-order valence-electron chi connectivity index (χ4n) is 2.71. The van der Waals surface area contributed by atoms with Gasteiger partial charge in [-0.1, -0.05) is 17.7 Å². The van der Waals surface area contributed by atoms with Crippen LogP contribution in [-0.4, -0.2) is 20.9 Å². The van der Waals surface area contributed by atoms with Crippen LogP contribution in [0.2, 0.25) is 5.02 Å². The SMILES string of the molecule is N=C(/C(=C(\O)c1ccc(Cl)cc1)C(O)c1cccnc1)c1cc(F)cc(F)c1. The maximum Gasteiger partial charge on any atom is 0.131 e. The first-order valence-electron chi connectivity index (χ1n) is 8.19. The number of aromatic nitrogens is 1. The van der Waals surface area contributed by atoms with Gasteiger partial charge in [-0.15, -0.1) is 0 Å². The summed E-state index contributed by atoms with van der Waals surface area (Å²) in [6.45, 7) is 0. The van der Waals surface area contributed by atoms with Crippen molar-refractivity contribution in [2.75, 3.05) is 0 Å². The summed E-state index contributed by atoms with van der Waals surface area (Å²) in [6.07, 6.45) is 1.42. The van der Waals surface area contributed by atoms with Gasteiger partial charge in [0, 0.05) is 40.2 Å². The molecule has 0 spiro atoms. The molecule has 1 unspecified atom stereocenters. The third kappa shape index (κ3) is 4.24. The van der Waals surface area contributed by atoms with E-state index in [1.165, 1.54) is 36.7 Å². The van der Waals surface area contributed by atoms with Crippen LogP contribution in [0, 0.1) is 17.0 Å². The minimum absolute atomic E-state index is 0.129. The summed E-state index contributed by atoms with van der Waals surface area (Å²) >= 11 is 5.87. The van der Waals surface area contributed by atoms with Gasteiger partial charge >= 0.3 is 0 Å². The van der Waals surface area contributed by atoms with Gasteiger partial charge in [0.05, 0.1) is 11.3 Å². The Morgan fingerprint density at radius 3 is 2.21 bits per heavy atom. The summed E-state index contributed by atoms with van der Waals surface area (Å²) in [5, 5.41) is 30.5. The molecular formula is C21H15ClF2N2O2. The molecule has 0 fully saturated rings. The van der Waals surface area contributed by atoms with Crippen molar-refractivity contribution in [3.05, 3.63) is 106 Å². The molecule has 2 aromatic carbocycles. The van der Waals surface area contributed by atoms with Crippen LogP contribution in [0.5, 0.6) is 0 Å². The van der Waals surface area contributed by atoms with Crippen LogP contribution >= 0.6 is 11.6 Å². The van der Waals surface area contributed by atoms with E-state index in [0.717, 1.165) is 12.1 Å². The summed E-state index contributed by atoms with van der Waals surface area (Å²) in [5.41, 5.74) is -0.193. The number of hydrogen-bond acceptors (Lipinski definition) is 4. The highest BCUT2D eigenvalue weighted by Gasteiger charge is 2.25. The number of aliphatic hydroxyl groups excluding tert-OH is 2. The fraction of sp³-hybridized carbons (Fsp3) is 0.0476. The molecule has 0 aliphatic carbocycles. The first-order valence-corrected chi connectivity index (χ1v) is 8.57. The van der Waals surface area contributed by atoms with E-state index in [4.69, 9.17) is 17.0 Å². The monoisotopic (exact) mass is 400 g/mol. The van der Waals surface area contributed by atoms with Crippen molar-refractivity contribution in [2.24, 2.45) is 0 Å². The molecule has 0 saturated heterocycles. The largest absolute Gasteiger partial charge is 0.507 e. The number of halogens is 3. The molecular weight excluding hydrogens is 386 g/mol. The average molecular weight is 401 g/mol. The van der Waals surface area contributed by atoms with Crippen molar-refractivity contribution in [3.8, 4) is 0 Å². The molecule has 1 heterocycles. The molecule has 0 amide bonds. The lowest BCUT2D eigenvalue weighted by Gasteiger charge is -2.19. The molecule has 1 aromatic heterocycles. The summed E-state index contributed by atoms with van der Waals surface area (Å²) in [4.78, 5) is 3.92. The van der Waals surface area contributed by atoms with Crippen molar-refractivity contribution in [1.29, 1.82) is 5.41 Å². The Hall–Kier alpha value is -3.09. The lowest BCUT2D eigenvalue weighted by atomic mass is 9.91. The third-order valence-corrected chi connectivity index (χ3v) is 4.32. The standard InChI is InChI=1S/C21H15ClF2N2O2/c22-15-5-3-12(4-6-15)20(27)18(21(28)13-2-1-7-26-11-13)19(25)14-8-16(23)10-17(24)9-14/h1-11,21,25,27-28H/b20-18+,25-19?. The Morgan fingerprint density at radius 1 is 1.00 bits per heavy atom. The van der Waals surface area contributed by atoms with Gasteiger partial charge in [-0.05, 0) is 42.5 Å². The number of nitrogens with zero attached hydrogens (tertiary/aromatic N) is 1. The van der Waals surface area contributed by atoms with E-state index in [2.05, 4.69) is 4.98 Å². The van der Waals surface area contributed by atoms with Crippen molar-refractivity contribution >= 4 is 23.1 Å². The Kier molecular flexibility index (Phi) is 5.82. The Labute approximate surface area is 164 Å². The number of pyridine rings is 1. The van der Waals surface area contributed by atoms with E-state index in [9.17, 15) is 19.0 Å². The van der Waals surface area contributed by atoms with Gasteiger partial charge in [0.25, 0.3) is 0 Å². The van der Waals surface area contributed by atoms with Gasteiger partial charge in [-0.3, -0.25) is 10.4 Å². The normalized spacial score (nSPS) is 13.0. The maximum atomic E-state index is 13.6. The van der Waals surface area contributed by atoms with E-state index >= 15 is 0 Å². The molecule has 0 aliphatic heterocycles. The smallest absolute Gasteiger partial charge is 0.131 e. The van der Waals surface area contributed by atoms with Crippen LogP contribution < -0.4 is 0 Å².